The molecule has 0 spiro atoms. The number of aromatic nitrogens is 2. The van der Waals surface area contributed by atoms with Crippen LogP contribution in [0, 0.1) is 0 Å². The molecule has 0 saturated heterocycles. The van der Waals surface area contributed by atoms with E-state index in [0.29, 0.717) is 24.4 Å². The summed E-state index contributed by atoms with van der Waals surface area (Å²) in [6.45, 7) is 1.15. The summed E-state index contributed by atoms with van der Waals surface area (Å²) in [4.78, 5) is 23.9. The summed E-state index contributed by atoms with van der Waals surface area (Å²) >= 11 is 0. The first kappa shape index (κ1) is 16.3. The van der Waals surface area contributed by atoms with Crippen LogP contribution in [0.3, 0.4) is 0 Å². The molecule has 0 bridgehead atoms. The molecule has 0 unspecified atom stereocenters. The van der Waals surface area contributed by atoms with Crippen LogP contribution in [0.4, 0.5) is 0 Å². The number of ether oxygens (including phenoxy) is 1. The van der Waals surface area contributed by atoms with Crippen molar-refractivity contribution in [1.29, 1.82) is 0 Å². The zero-order valence-corrected chi connectivity index (χ0v) is 14.6. The predicted octanol–water partition coefficient (Wildman–Crippen LogP) is 3.35. The standard InChI is InChI=1S/C21H19N3O2/c1-26-19-10-6-5-9-17(19)21(25)24-12-11-18-16(14-24)13-22-20(23-18)15-7-3-2-4-8-15/h2-10,13H,11-12,14H2,1H3. The van der Waals surface area contributed by atoms with E-state index in [9.17, 15) is 4.79 Å². The maximum atomic E-state index is 12.9. The van der Waals surface area contributed by atoms with Gasteiger partial charge >= 0.3 is 0 Å². The molecule has 0 aliphatic carbocycles. The van der Waals surface area contributed by atoms with Crippen molar-refractivity contribution >= 4 is 5.91 Å². The molecule has 0 atom stereocenters. The molecule has 0 fully saturated rings. The van der Waals surface area contributed by atoms with Crippen molar-refractivity contribution in [1.82, 2.24) is 14.9 Å². The number of benzene rings is 2. The molecule has 5 nitrogen and oxygen atoms in total. The van der Waals surface area contributed by atoms with Crippen LogP contribution in [0.2, 0.25) is 0 Å². The van der Waals surface area contributed by atoms with Crippen LogP contribution in [0.15, 0.2) is 60.8 Å². The van der Waals surface area contributed by atoms with Crippen molar-refractivity contribution in [2.45, 2.75) is 13.0 Å². The molecule has 130 valence electrons. The molecule has 0 N–H and O–H groups in total. The summed E-state index contributed by atoms with van der Waals surface area (Å²) in [7, 11) is 1.58. The van der Waals surface area contributed by atoms with Crippen molar-refractivity contribution in [2.24, 2.45) is 0 Å². The van der Waals surface area contributed by atoms with Crippen LogP contribution in [0.5, 0.6) is 5.75 Å². The lowest BCUT2D eigenvalue weighted by atomic mass is 10.0. The van der Waals surface area contributed by atoms with Gasteiger partial charge in [-0.2, -0.15) is 0 Å². The number of hydrogen-bond acceptors (Lipinski definition) is 4. The number of hydrogen-bond donors (Lipinski definition) is 0. The van der Waals surface area contributed by atoms with Gasteiger partial charge in [0.05, 0.1) is 18.4 Å². The second-order valence-corrected chi connectivity index (χ2v) is 6.21. The van der Waals surface area contributed by atoms with Crippen molar-refractivity contribution in [2.75, 3.05) is 13.7 Å². The monoisotopic (exact) mass is 345 g/mol. The van der Waals surface area contributed by atoms with Crippen LogP contribution >= 0.6 is 0 Å². The Hall–Kier alpha value is -3.21. The van der Waals surface area contributed by atoms with Gasteiger partial charge in [0.15, 0.2) is 5.82 Å². The molecule has 1 aliphatic heterocycles. The van der Waals surface area contributed by atoms with Gasteiger partial charge in [-0.3, -0.25) is 4.79 Å². The molecule has 0 radical (unpaired) electrons. The molecular formula is C21H19N3O2. The van der Waals surface area contributed by atoms with E-state index in [4.69, 9.17) is 9.72 Å². The molecule has 26 heavy (non-hydrogen) atoms. The number of nitrogens with zero attached hydrogens (tertiary/aromatic N) is 3. The highest BCUT2D eigenvalue weighted by molar-refractivity contribution is 5.97. The third kappa shape index (κ3) is 3.04. The predicted molar refractivity (Wildman–Crippen MR) is 98.9 cm³/mol. The molecule has 2 aromatic carbocycles. The summed E-state index contributed by atoms with van der Waals surface area (Å²) in [5.41, 5.74) is 3.60. The minimum atomic E-state index is -0.0276. The molecule has 1 aromatic heterocycles. The first-order chi connectivity index (χ1) is 12.8. The van der Waals surface area contributed by atoms with Gasteiger partial charge in [-0.1, -0.05) is 42.5 Å². The molecule has 1 amide bonds. The zero-order valence-electron chi connectivity index (χ0n) is 14.6. The SMILES string of the molecule is COc1ccccc1C(=O)N1CCc2nc(-c3ccccc3)ncc2C1. The Bertz CT molecular complexity index is 941. The molecule has 3 aromatic rings. The lowest BCUT2D eigenvalue weighted by Gasteiger charge is -2.28. The van der Waals surface area contributed by atoms with Crippen molar-refractivity contribution in [3.8, 4) is 17.1 Å². The Labute approximate surface area is 152 Å². The van der Waals surface area contributed by atoms with E-state index < -0.39 is 0 Å². The lowest BCUT2D eigenvalue weighted by Crippen LogP contribution is -2.36. The van der Waals surface area contributed by atoms with Crippen molar-refractivity contribution in [3.05, 3.63) is 77.6 Å². The largest absolute Gasteiger partial charge is 0.496 e. The number of amides is 1. The zero-order chi connectivity index (χ0) is 17.9. The smallest absolute Gasteiger partial charge is 0.257 e. The van der Waals surface area contributed by atoms with Crippen LogP contribution < -0.4 is 4.74 Å². The minimum absolute atomic E-state index is 0.0276. The van der Waals surface area contributed by atoms with E-state index >= 15 is 0 Å². The number of carbonyl (C=O) groups is 1. The van der Waals surface area contributed by atoms with Crippen LogP contribution in [-0.2, 0) is 13.0 Å². The van der Waals surface area contributed by atoms with Crippen LogP contribution in [0.25, 0.3) is 11.4 Å². The quantitative estimate of drug-likeness (QED) is 0.730. The van der Waals surface area contributed by atoms with E-state index in [1.165, 1.54) is 0 Å². The van der Waals surface area contributed by atoms with E-state index in [0.717, 1.165) is 29.1 Å². The second kappa shape index (κ2) is 6.96. The van der Waals surface area contributed by atoms with E-state index in [1.54, 1.807) is 19.2 Å². The van der Waals surface area contributed by atoms with E-state index in [2.05, 4.69) is 4.98 Å². The van der Waals surface area contributed by atoms with E-state index in [-0.39, 0.29) is 5.91 Å². The summed E-state index contributed by atoms with van der Waals surface area (Å²) in [5, 5.41) is 0. The molecular weight excluding hydrogens is 326 g/mol. The maximum Gasteiger partial charge on any atom is 0.257 e. The summed E-state index contributed by atoms with van der Waals surface area (Å²) in [5.74, 6) is 1.30. The number of methoxy groups -OCH3 is 1. The Morgan fingerprint density at radius 2 is 1.85 bits per heavy atom. The Balaban J connectivity index is 1.58. The Kier molecular flexibility index (Phi) is 4.35. The van der Waals surface area contributed by atoms with Crippen LogP contribution in [0.1, 0.15) is 21.6 Å². The highest BCUT2D eigenvalue weighted by atomic mass is 16.5. The molecule has 2 heterocycles. The summed E-state index contributed by atoms with van der Waals surface area (Å²) in [6, 6.07) is 17.2. The number of para-hydroxylation sites is 1. The first-order valence-electron chi connectivity index (χ1n) is 8.59. The van der Waals surface area contributed by atoms with Gasteiger partial charge in [0, 0.05) is 36.8 Å². The summed E-state index contributed by atoms with van der Waals surface area (Å²) < 4.78 is 5.32. The third-order valence-electron chi connectivity index (χ3n) is 4.59. The highest BCUT2D eigenvalue weighted by Crippen LogP contribution is 2.24. The van der Waals surface area contributed by atoms with Gasteiger partial charge in [0.1, 0.15) is 5.75 Å². The second-order valence-electron chi connectivity index (χ2n) is 6.21. The van der Waals surface area contributed by atoms with Gasteiger partial charge < -0.3 is 9.64 Å². The van der Waals surface area contributed by atoms with Gasteiger partial charge in [-0.15, -0.1) is 0 Å². The third-order valence-corrected chi connectivity index (χ3v) is 4.59. The minimum Gasteiger partial charge on any atom is -0.496 e. The Morgan fingerprint density at radius 1 is 1.08 bits per heavy atom. The normalized spacial score (nSPS) is 13.2. The summed E-state index contributed by atoms with van der Waals surface area (Å²) in [6.07, 6.45) is 2.56. The fourth-order valence-electron chi connectivity index (χ4n) is 3.21. The number of fused-ring (bicyclic) bond motifs is 1. The van der Waals surface area contributed by atoms with Gasteiger partial charge in [-0.25, -0.2) is 9.97 Å². The molecule has 1 aliphatic rings. The number of rotatable bonds is 3. The van der Waals surface area contributed by atoms with Gasteiger partial charge in [0.25, 0.3) is 5.91 Å². The highest BCUT2D eigenvalue weighted by Gasteiger charge is 2.25. The topological polar surface area (TPSA) is 55.3 Å². The lowest BCUT2D eigenvalue weighted by molar-refractivity contribution is 0.0730. The molecule has 5 heteroatoms. The van der Waals surface area contributed by atoms with Gasteiger partial charge in [-0.05, 0) is 12.1 Å². The van der Waals surface area contributed by atoms with E-state index in [1.807, 2.05) is 53.6 Å². The fraction of sp³-hybridized carbons (Fsp3) is 0.190. The molecule has 4 rings (SSSR count). The average molecular weight is 345 g/mol. The molecule has 0 saturated carbocycles. The van der Waals surface area contributed by atoms with Crippen LogP contribution in [-0.4, -0.2) is 34.4 Å². The Morgan fingerprint density at radius 3 is 2.65 bits per heavy atom. The van der Waals surface area contributed by atoms with Gasteiger partial charge in [0.2, 0.25) is 0 Å². The maximum absolute atomic E-state index is 12.9. The van der Waals surface area contributed by atoms with Crippen molar-refractivity contribution < 1.29 is 9.53 Å². The first-order valence-corrected chi connectivity index (χ1v) is 8.59. The fourth-order valence-corrected chi connectivity index (χ4v) is 3.21. The number of carbonyl (C=O) groups excluding carboxylic acids is 1. The average Bonchev–Trinajstić information content (AvgIpc) is 2.73. The van der Waals surface area contributed by atoms with Crippen molar-refractivity contribution in [3.63, 3.8) is 0 Å².